The average Bonchev–Trinajstić information content (AvgIpc) is 2.68. The van der Waals surface area contributed by atoms with Crippen LogP contribution in [0.3, 0.4) is 0 Å². The van der Waals surface area contributed by atoms with Gasteiger partial charge in [0.2, 0.25) is 0 Å². The Morgan fingerprint density at radius 2 is 2.06 bits per heavy atom. The number of nitrogens with one attached hydrogen (secondary N) is 3. The van der Waals surface area contributed by atoms with Crippen molar-refractivity contribution < 1.29 is 4.39 Å². The minimum Gasteiger partial charge on any atom is -0.296 e. The highest BCUT2D eigenvalue weighted by atomic mass is 35.5. The molecule has 3 N–H and O–H groups in total. The summed E-state index contributed by atoms with van der Waals surface area (Å²) in [7, 11) is 0. The van der Waals surface area contributed by atoms with Gasteiger partial charge in [-0.3, -0.25) is 5.32 Å². The molecule has 18 heavy (non-hydrogen) atoms. The Labute approximate surface area is 112 Å². The third kappa shape index (κ3) is 3.42. The Balaban J connectivity index is 2.02. The fraction of sp³-hybridized carbons (Fsp3) is 0.538. The molecular formula is C13H19ClFN3. The zero-order valence-electron chi connectivity index (χ0n) is 10.8. The minimum absolute atomic E-state index is 0.0503. The molecule has 2 atom stereocenters. The molecule has 2 unspecified atom stereocenters. The number of benzene rings is 1. The van der Waals surface area contributed by atoms with E-state index in [1.54, 1.807) is 12.1 Å². The van der Waals surface area contributed by atoms with E-state index in [0.29, 0.717) is 0 Å². The summed E-state index contributed by atoms with van der Waals surface area (Å²) in [5.41, 5.74) is 7.44. The molecule has 0 aliphatic carbocycles. The highest BCUT2D eigenvalue weighted by molar-refractivity contribution is 6.30. The second kappa shape index (κ2) is 5.13. The second-order valence-electron chi connectivity index (χ2n) is 5.70. The van der Waals surface area contributed by atoms with Gasteiger partial charge >= 0.3 is 0 Å². The van der Waals surface area contributed by atoms with Gasteiger partial charge in [0, 0.05) is 11.6 Å². The Kier molecular flexibility index (Phi) is 3.92. The third-order valence-corrected chi connectivity index (χ3v) is 3.15. The highest BCUT2D eigenvalue weighted by Gasteiger charge is 2.27. The minimum atomic E-state index is -0.379. The van der Waals surface area contributed by atoms with Gasteiger partial charge < -0.3 is 0 Å². The molecule has 1 aliphatic rings. The lowest BCUT2D eigenvalue weighted by atomic mass is 10.0. The molecule has 3 nitrogen and oxygen atoms in total. The van der Waals surface area contributed by atoms with Crippen LogP contribution in [-0.2, 0) is 0 Å². The van der Waals surface area contributed by atoms with Crippen molar-refractivity contribution in [3.05, 3.63) is 34.6 Å². The Bertz CT molecular complexity index is 431. The molecule has 100 valence electrons. The summed E-state index contributed by atoms with van der Waals surface area (Å²) in [4.78, 5) is 0. The summed E-state index contributed by atoms with van der Waals surface area (Å²) in [6, 6.07) is 4.99. The molecule has 1 aromatic rings. The largest absolute Gasteiger partial charge is 0.296 e. The van der Waals surface area contributed by atoms with E-state index >= 15 is 0 Å². The lowest BCUT2D eigenvalue weighted by Crippen LogP contribution is -2.49. The average molecular weight is 272 g/mol. The van der Waals surface area contributed by atoms with Crippen LogP contribution in [-0.4, -0.2) is 11.7 Å². The molecule has 1 saturated heterocycles. The molecule has 1 heterocycles. The summed E-state index contributed by atoms with van der Waals surface area (Å²) in [5.74, 6) is -0.379. The van der Waals surface area contributed by atoms with E-state index in [2.05, 4.69) is 36.9 Å². The predicted octanol–water partition coefficient (Wildman–Crippen LogP) is 2.73. The summed E-state index contributed by atoms with van der Waals surface area (Å²) in [5, 5.41) is 3.63. The summed E-state index contributed by atoms with van der Waals surface area (Å²) in [6.45, 7) is 6.37. The Morgan fingerprint density at radius 1 is 1.33 bits per heavy atom. The van der Waals surface area contributed by atoms with Crippen molar-refractivity contribution in [3.63, 3.8) is 0 Å². The van der Waals surface area contributed by atoms with Gasteiger partial charge in [0.1, 0.15) is 5.82 Å². The third-order valence-electron chi connectivity index (χ3n) is 2.86. The fourth-order valence-corrected chi connectivity index (χ4v) is 2.31. The van der Waals surface area contributed by atoms with Crippen LogP contribution in [0.4, 0.5) is 4.39 Å². The van der Waals surface area contributed by atoms with Crippen LogP contribution in [0.25, 0.3) is 0 Å². The molecule has 0 saturated carbocycles. The smallest absolute Gasteiger partial charge is 0.141 e. The van der Waals surface area contributed by atoms with Gasteiger partial charge in [-0.2, -0.15) is 0 Å². The molecular weight excluding hydrogens is 253 g/mol. The van der Waals surface area contributed by atoms with Gasteiger partial charge in [0.05, 0.1) is 11.2 Å². The molecule has 2 rings (SSSR count). The van der Waals surface area contributed by atoms with Crippen LogP contribution >= 0.6 is 11.6 Å². The van der Waals surface area contributed by atoms with E-state index in [1.807, 2.05) is 0 Å². The van der Waals surface area contributed by atoms with E-state index < -0.39 is 0 Å². The van der Waals surface area contributed by atoms with Crippen molar-refractivity contribution in [2.45, 2.75) is 44.9 Å². The molecule has 1 fully saturated rings. The number of hydrogen-bond acceptors (Lipinski definition) is 3. The van der Waals surface area contributed by atoms with Gasteiger partial charge in [-0.05, 0) is 44.9 Å². The number of halogens is 2. The van der Waals surface area contributed by atoms with E-state index in [1.165, 1.54) is 6.07 Å². The lowest BCUT2D eigenvalue weighted by Gasteiger charge is -2.25. The molecule has 0 amide bonds. The quantitative estimate of drug-likeness (QED) is 0.774. The van der Waals surface area contributed by atoms with Crippen LogP contribution in [0.15, 0.2) is 18.2 Å². The van der Waals surface area contributed by atoms with E-state index in [9.17, 15) is 4.39 Å². The summed E-state index contributed by atoms with van der Waals surface area (Å²) < 4.78 is 13.1. The van der Waals surface area contributed by atoms with Crippen LogP contribution in [0, 0.1) is 5.82 Å². The van der Waals surface area contributed by atoms with Crippen molar-refractivity contribution in [2.75, 3.05) is 0 Å². The number of hydrogen-bond donors (Lipinski definition) is 3. The zero-order chi connectivity index (χ0) is 13.3. The van der Waals surface area contributed by atoms with Crippen LogP contribution in [0.1, 0.15) is 38.8 Å². The van der Waals surface area contributed by atoms with Crippen molar-refractivity contribution in [1.29, 1.82) is 0 Å². The first kappa shape index (κ1) is 13.7. The number of rotatable bonds is 2. The number of hydrazine groups is 1. The molecule has 5 heteroatoms. The van der Waals surface area contributed by atoms with Crippen LogP contribution in [0.2, 0.25) is 5.02 Å². The second-order valence-corrected chi connectivity index (χ2v) is 6.10. The molecule has 0 spiro atoms. The first-order valence-electron chi connectivity index (χ1n) is 6.09. The maximum absolute atomic E-state index is 13.1. The van der Waals surface area contributed by atoms with Gasteiger partial charge in [0.15, 0.2) is 0 Å². The van der Waals surface area contributed by atoms with Crippen molar-refractivity contribution in [3.8, 4) is 0 Å². The van der Waals surface area contributed by atoms with Crippen molar-refractivity contribution in [2.24, 2.45) is 0 Å². The van der Waals surface area contributed by atoms with Crippen molar-refractivity contribution in [1.82, 2.24) is 16.2 Å². The first-order valence-corrected chi connectivity index (χ1v) is 6.47. The lowest BCUT2D eigenvalue weighted by molar-refractivity contribution is 0.333. The maximum atomic E-state index is 13.1. The molecule has 0 radical (unpaired) electrons. The zero-order valence-corrected chi connectivity index (χ0v) is 11.6. The Hall–Kier alpha value is -0.680. The van der Waals surface area contributed by atoms with E-state index in [-0.39, 0.29) is 28.6 Å². The van der Waals surface area contributed by atoms with E-state index in [4.69, 9.17) is 11.6 Å². The molecule has 1 aromatic carbocycles. The van der Waals surface area contributed by atoms with Gasteiger partial charge in [-0.1, -0.05) is 17.7 Å². The topological polar surface area (TPSA) is 36.1 Å². The predicted molar refractivity (Wildman–Crippen MR) is 71.7 cm³/mol. The standard InChI is InChI=1S/C13H19ClFN3/c1-13(2,3)16-12-7-11(17-18-12)8-4-5-10(15)9(14)6-8/h4-6,11-12,16-18H,7H2,1-3H3. The summed E-state index contributed by atoms with van der Waals surface area (Å²) >= 11 is 5.80. The van der Waals surface area contributed by atoms with E-state index in [0.717, 1.165) is 12.0 Å². The fourth-order valence-electron chi connectivity index (χ4n) is 2.12. The monoisotopic (exact) mass is 271 g/mol. The highest BCUT2D eigenvalue weighted by Crippen LogP contribution is 2.26. The van der Waals surface area contributed by atoms with Crippen LogP contribution in [0.5, 0.6) is 0 Å². The van der Waals surface area contributed by atoms with Crippen molar-refractivity contribution >= 4 is 11.6 Å². The summed E-state index contributed by atoms with van der Waals surface area (Å²) in [6.07, 6.45) is 1.08. The van der Waals surface area contributed by atoms with Crippen LogP contribution < -0.4 is 16.2 Å². The van der Waals surface area contributed by atoms with Gasteiger partial charge in [0.25, 0.3) is 0 Å². The molecule has 0 aromatic heterocycles. The molecule has 0 bridgehead atoms. The Morgan fingerprint density at radius 3 is 2.67 bits per heavy atom. The van der Waals surface area contributed by atoms with Gasteiger partial charge in [-0.25, -0.2) is 15.2 Å². The molecule has 1 aliphatic heterocycles. The SMILES string of the molecule is CC(C)(C)NC1CC(c2ccc(F)c(Cl)c2)NN1. The first-order chi connectivity index (χ1) is 8.35. The normalized spacial score (nSPS) is 24.5. The maximum Gasteiger partial charge on any atom is 0.141 e. The van der Waals surface area contributed by atoms with Gasteiger partial charge in [-0.15, -0.1) is 0 Å².